The molecule has 30 heavy (non-hydrogen) atoms. The van der Waals surface area contributed by atoms with Crippen molar-refractivity contribution in [2.45, 2.75) is 12.8 Å². The molecule has 158 valence electrons. The first-order valence-corrected chi connectivity index (χ1v) is 10.5. The molecule has 8 heteroatoms. The van der Waals surface area contributed by atoms with Crippen LogP contribution in [0.3, 0.4) is 0 Å². The molecule has 2 aliphatic rings. The third kappa shape index (κ3) is 4.43. The van der Waals surface area contributed by atoms with Crippen molar-refractivity contribution in [1.82, 2.24) is 4.90 Å². The van der Waals surface area contributed by atoms with Gasteiger partial charge in [0.15, 0.2) is 0 Å². The van der Waals surface area contributed by atoms with Gasteiger partial charge in [0.2, 0.25) is 0 Å². The molecule has 1 N–H and O–H groups in total. The van der Waals surface area contributed by atoms with E-state index in [4.69, 9.17) is 9.47 Å². The monoisotopic (exact) mass is 478 g/mol. The van der Waals surface area contributed by atoms with Gasteiger partial charge in [0.1, 0.15) is 29.7 Å². The Labute approximate surface area is 181 Å². The average Bonchev–Trinajstić information content (AvgIpc) is 2.73. The fraction of sp³-hybridized carbons (Fsp3) is 0.318. The standard InChI is InChI=1S/C22H21BrF2N2O3/c1-13-11-29-21-10-18(25)16(9-19(21)26-13)22(28)27-6-4-14(5-7-27)12-30-20-3-2-15(24)8-17(20)23/h2-3,8-10,14,26H,1,4-7,11-12H2. The first-order chi connectivity index (χ1) is 14.4. The number of halogens is 3. The van der Waals surface area contributed by atoms with E-state index >= 15 is 0 Å². The molecule has 0 spiro atoms. The number of carbonyl (C=O) groups excluding carboxylic acids is 1. The van der Waals surface area contributed by atoms with Gasteiger partial charge in [-0.2, -0.15) is 0 Å². The number of benzene rings is 2. The predicted molar refractivity (Wildman–Crippen MR) is 113 cm³/mol. The summed E-state index contributed by atoms with van der Waals surface area (Å²) >= 11 is 3.29. The Hall–Kier alpha value is -2.61. The van der Waals surface area contributed by atoms with E-state index in [0.29, 0.717) is 47.1 Å². The number of nitrogens with one attached hydrogen (secondary N) is 1. The van der Waals surface area contributed by atoms with Crippen LogP contribution in [0.1, 0.15) is 23.2 Å². The largest absolute Gasteiger partial charge is 0.492 e. The highest BCUT2D eigenvalue weighted by Gasteiger charge is 2.27. The van der Waals surface area contributed by atoms with E-state index in [0.717, 1.165) is 12.8 Å². The number of nitrogens with zero attached hydrogens (tertiary/aromatic N) is 1. The molecule has 0 aliphatic carbocycles. The van der Waals surface area contributed by atoms with E-state index in [1.807, 2.05) is 0 Å². The molecule has 1 fully saturated rings. The summed E-state index contributed by atoms with van der Waals surface area (Å²) in [5.74, 6) is -0.0467. The first-order valence-electron chi connectivity index (χ1n) is 9.69. The number of anilines is 1. The SMILES string of the molecule is C=C1COc2cc(F)c(C(=O)N3CCC(COc4ccc(F)cc4Br)CC3)cc2N1. The van der Waals surface area contributed by atoms with Gasteiger partial charge >= 0.3 is 0 Å². The van der Waals surface area contributed by atoms with Crippen molar-refractivity contribution >= 4 is 27.5 Å². The summed E-state index contributed by atoms with van der Waals surface area (Å²) < 4.78 is 39.5. The zero-order valence-electron chi connectivity index (χ0n) is 16.2. The number of hydrogen-bond acceptors (Lipinski definition) is 4. The third-order valence-electron chi connectivity index (χ3n) is 5.28. The highest BCUT2D eigenvalue weighted by molar-refractivity contribution is 9.10. The van der Waals surface area contributed by atoms with Gasteiger partial charge < -0.3 is 19.7 Å². The van der Waals surface area contributed by atoms with E-state index in [2.05, 4.69) is 27.8 Å². The van der Waals surface area contributed by atoms with E-state index < -0.39 is 5.82 Å². The lowest BCUT2D eigenvalue weighted by Crippen LogP contribution is -2.40. The molecule has 0 saturated carbocycles. The minimum Gasteiger partial charge on any atom is -0.492 e. The molecule has 0 atom stereocenters. The zero-order valence-corrected chi connectivity index (χ0v) is 17.8. The lowest BCUT2D eigenvalue weighted by atomic mass is 9.97. The minimum absolute atomic E-state index is 0.0180. The molecule has 0 unspecified atom stereocenters. The van der Waals surface area contributed by atoms with E-state index in [1.165, 1.54) is 24.3 Å². The second-order valence-corrected chi connectivity index (χ2v) is 8.32. The van der Waals surface area contributed by atoms with Crippen LogP contribution < -0.4 is 14.8 Å². The molecule has 5 nitrogen and oxygen atoms in total. The van der Waals surface area contributed by atoms with Crippen molar-refractivity contribution in [2.75, 3.05) is 31.6 Å². The molecule has 2 aromatic carbocycles. The molecule has 0 aromatic heterocycles. The van der Waals surface area contributed by atoms with Crippen molar-refractivity contribution in [3.63, 3.8) is 0 Å². The normalized spacial score (nSPS) is 16.5. The summed E-state index contributed by atoms with van der Waals surface area (Å²) in [7, 11) is 0. The smallest absolute Gasteiger partial charge is 0.256 e. The number of piperidine rings is 1. The number of amides is 1. The van der Waals surface area contributed by atoms with Gasteiger partial charge in [-0.25, -0.2) is 8.78 Å². The van der Waals surface area contributed by atoms with Gasteiger partial charge in [-0.3, -0.25) is 4.79 Å². The summed E-state index contributed by atoms with van der Waals surface area (Å²) in [5, 5.41) is 3.03. The maximum atomic E-state index is 14.5. The summed E-state index contributed by atoms with van der Waals surface area (Å²) in [6.45, 7) is 5.58. The molecular weight excluding hydrogens is 458 g/mol. The molecular formula is C22H21BrF2N2O3. The number of rotatable bonds is 4. The van der Waals surface area contributed by atoms with Crippen LogP contribution in [-0.4, -0.2) is 37.1 Å². The summed E-state index contributed by atoms with van der Waals surface area (Å²) in [4.78, 5) is 14.5. The van der Waals surface area contributed by atoms with Crippen molar-refractivity contribution in [3.05, 3.63) is 64.3 Å². The maximum absolute atomic E-state index is 14.5. The highest BCUT2D eigenvalue weighted by atomic mass is 79.9. The number of likely N-dealkylation sites (tertiary alicyclic amines) is 1. The molecule has 0 bridgehead atoms. The molecule has 1 saturated heterocycles. The highest BCUT2D eigenvalue weighted by Crippen LogP contribution is 2.33. The predicted octanol–water partition coefficient (Wildman–Crippen LogP) is 4.98. The van der Waals surface area contributed by atoms with Crippen LogP contribution in [0.15, 0.2) is 47.1 Å². The van der Waals surface area contributed by atoms with Gasteiger partial charge in [-0.1, -0.05) is 6.58 Å². The second-order valence-electron chi connectivity index (χ2n) is 7.47. The first kappa shape index (κ1) is 20.7. The quantitative estimate of drug-likeness (QED) is 0.673. The minimum atomic E-state index is -0.598. The van der Waals surface area contributed by atoms with Crippen molar-refractivity contribution in [3.8, 4) is 11.5 Å². The Morgan fingerprint density at radius 3 is 2.77 bits per heavy atom. The topological polar surface area (TPSA) is 50.8 Å². The number of ether oxygens (including phenoxy) is 2. The Kier molecular flexibility index (Phi) is 5.94. The number of fused-ring (bicyclic) bond motifs is 1. The van der Waals surface area contributed by atoms with Gasteiger partial charge in [-0.15, -0.1) is 0 Å². The molecule has 1 amide bonds. The fourth-order valence-corrected chi connectivity index (χ4v) is 4.07. The van der Waals surface area contributed by atoms with Crippen LogP contribution in [0.25, 0.3) is 0 Å². The molecule has 2 aromatic rings. The number of hydrogen-bond donors (Lipinski definition) is 1. The van der Waals surface area contributed by atoms with Crippen LogP contribution in [-0.2, 0) is 0 Å². The van der Waals surface area contributed by atoms with Gasteiger partial charge in [0.25, 0.3) is 5.91 Å². The fourth-order valence-electron chi connectivity index (χ4n) is 3.60. The van der Waals surface area contributed by atoms with Gasteiger partial charge in [0, 0.05) is 24.9 Å². The Balaban J connectivity index is 1.35. The Bertz CT molecular complexity index is 991. The Morgan fingerprint density at radius 2 is 2.03 bits per heavy atom. The van der Waals surface area contributed by atoms with Crippen LogP contribution in [0.5, 0.6) is 11.5 Å². The number of carbonyl (C=O) groups is 1. The summed E-state index contributed by atoms with van der Waals surface area (Å²) in [6, 6.07) is 7.02. The maximum Gasteiger partial charge on any atom is 0.256 e. The lowest BCUT2D eigenvalue weighted by molar-refractivity contribution is 0.0656. The zero-order chi connectivity index (χ0) is 21.3. The Morgan fingerprint density at radius 1 is 1.27 bits per heavy atom. The summed E-state index contributed by atoms with van der Waals surface area (Å²) in [6.07, 6.45) is 1.49. The second kappa shape index (κ2) is 8.63. The molecule has 2 aliphatic heterocycles. The van der Waals surface area contributed by atoms with Crippen LogP contribution >= 0.6 is 15.9 Å². The van der Waals surface area contributed by atoms with Gasteiger partial charge in [-0.05, 0) is 59.0 Å². The van der Waals surface area contributed by atoms with Crippen LogP contribution in [0, 0.1) is 17.6 Å². The van der Waals surface area contributed by atoms with Crippen molar-refractivity contribution in [2.24, 2.45) is 5.92 Å². The van der Waals surface area contributed by atoms with Crippen molar-refractivity contribution < 1.29 is 23.0 Å². The lowest BCUT2D eigenvalue weighted by Gasteiger charge is -2.32. The van der Waals surface area contributed by atoms with E-state index in [1.54, 1.807) is 11.0 Å². The molecule has 0 radical (unpaired) electrons. The molecule has 4 rings (SSSR count). The van der Waals surface area contributed by atoms with E-state index in [9.17, 15) is 13.6 Å². The van der Waals surface area contributed by atoms with Crippen LogP contribution in [0.4, 0.5) is 14.5 Å². The van der Waals surface area contributed by atoms with E-state index in [-0.39, 0.29) is 29.8 Å². The molecule has 2 heterocycles. The third-order valence-corrected chi connectivity index (χ3v) is 5.90. The summed E-state index contributed by atoms with van der Waals surface area (Å²) in [5.41, 5.74) is 1.22. The van der Waals surface area contributed by atoms with Gasteiger partial charge in [0.05, 0.1) is 22.3 Å². The van der Waals surface area contributed by atoms with Crippen molar-refractivity contribution in [1.29, 1.82) is 0 Å². The van der Waals surface area contributed by atoms with Crippen LogP contribution in [0.2, 0.25) is 0 Å². The average molecular weight is 479 g/mol.